The summed E-state index contributed by atoms with van der Waals surface area (Å²) in [6.07, 6.45) is -1.05. The van der Waals surface area contributed by atoms with E-state index in [1.165, 1.54) is 13.2 Å². The van der Waals surface area contributed by atoms with Crippen molar-refractivity contribution in [2.24, 2.45) is 17.8 Å². The van der Waals surface area contributed by atoms with Gasteiger partial charge in [0.2, 0.25) is 0 Å². The van der Waals surface area contributed by atoms with E-state index >= 15 is 0 Å². The molecule has 0 amide bonds. The van der Waals surface area contributed by atoms with Crippen LogP contribution in [0.4, 0.5) is 13.2 Å². The van der Waals surface area contributed by atoms with Crippen molar-refractivity contribution in [3.8, 4) is 0 Å². The molecule has 1 heterocycles. The van der Waals surface area contributed by atoms with Crippen molar-refractivity contribution < 1.29 is 13.2 Å². The van der Waals surface area contributed by atoms with Gasteiger partial charge in [0.15, 0.2) is 11.7 Å². The van der Waals surface area contributed by atoms with Crippen LogP contribution in [0.5, 0.6) is 0 Å². The Labute approximate surface area is 132 Å². The van der Waals surface area contributed by atoms with Gasteiger partial charge < -0.3 is 10.6 Å². The van der Waals surface area contributed by atoms with Crippen LogP contribution < -0.4 is 5.73 Å². The lowest BCUT2D eigenvalue weighted by atomic mass is 10.2. The normalized spacial score (nSPS) is 15.9. The summed E-state index contributed by atoms with van der Waals surface area (Å²) >= 11 is 0. The number of alkyl halides is 3. The molecule has 0 unspecified atom stereocenters. The second-order valence-electron chi connectivity index (χ2n) is 4.69. The van der Waals surface area contributed by atoms with Gasteiger partial charge in [-0.05, 0) is 12.8 Å². The predicted octanol–water partition coefficient (Wildman–Crippen LogP) is 1.97. The molecule has 1 saturated carbocycles. The Morgan fingerprint density at radius 2 is 2.15 bits per heavy atom. The third kappa shape index (κ3) is 4.00. The van der Waals surface area contributed by atoms with E-state index in [1.54, 1.807) is 11.9 Å². The summed E-state index contributed by atoms with van der Waals surface area (Å²) in [5.41, 5.74) is 4.87. The molecule has 1 aromatic rings. The molecule has 1 fully saturated rings. The van der Waals surface area contributed by atoms with Gasteiger partial charge in [-0.25, -0.2) is 4.99 Å². The van der Waals surface area contributed by atoms with Gasteiger partial charge in [-0.15, -0.1) is 24.0 Å². The van der Waals surface area contributed by atoms with E-state index in [1.807, 2.05) is 0 Å². The molecule has 0 aliphatic heterocycles. The third-order valence-electron chi connectivity index (χ3n) is 3.04. The zero-order valence-electron chi connectivity index (χ0n) is 11.2. The molecule has 5 nitrogen and oxygen atoms in total. The number of hydrogen-bond acceptors (Lipinski definition) is 2. The van der Waals surface area contributed by atoms with Crippen LogP contribution in [0.3, 0.4) is 0 Å². The van der Waals surface area contributed by atoms with Gasteiger partial charge in [0.05, 0.1) is 6.54 Å². The lowest BCUT2D eigenvalue weighted by molar-refractivity contribution is -0.142. The predicted molar refractivity (Wildman–Crippen MR) is 79.7 cm³/mol. The first-order valence-corrected chi connectivity index (χ1v) is 5.91. The highest BCUT2D eigenvalue weighted by atomic mass is 127. The number of halogens is 4. The van der Waals surface area contributed by atoms with Gasteiger partial charge in [0, 0.05) is 31.9 Å². The molecule has 1 aliphatic rings. The maximum Gasteiger partial charge on any atom is 0.435 e. The van der Waals surface area contributed by atoms with E-state index in [9.17, 15) is 13.2 Å². The molecule has 2 N–H and O–H groups in total. The van der Waals surface area contributed by atoms with E-state index in [0.717, 1.165) is 17.5 Å². The quantitative estimate of drug-likeness (QED) is 0.477. The van der Waals surface area contributed by atoms with Gasteiger partial charge in [-0.1, -0.05) is 0 Å². The Balaban J connectivity index is 0.00000200. The first-order valence-electron chi connectivity index (χ1n) is 5.91. The number of aromatic nitrogens is 2. The molecule has 2 rings (SSSR count). The number of aryl methyl sites for hydroxylation is 1. The Hall–Kier alpha value is -1.00. The Morgan fingerprint density at radius 1 is 1.55 bits per heavy atom. The van der Waals surface area contributed by atoms with Crippen molar-refractivity contribution in [1.82, 2.24) is 14.7 Å². The number of nitrogens with zero attached hydrogens (tertiary/aromatic N) is 4. The molecular weight excluding hydrogens is 386 g/mol. The van der Waals surface area contributed by atoms with Crippen molar-refractivity contribution in [3.63, 3.8) is 0 Å². The first-order chi connectivity index (χ1) is 8.79. The van der Waals surface area contributed by atoms with E-state index in [2.05, 4.69) is 10.1 Å². The summed E-state index contributed by atoms with van der Waals surface area (Å²) in [6.45, 7) is -0.119. The monoisotopic (exact) mass is 403 g/mol. The molecule has 0 aromatic carbocycles. The van der Waals surface area contributed by atoms with Gasteiger partial charge in [-0.3, -0.25) is 4.68 Å². The Morgan fingerprint density at radius 3 is 2.65 bits per heavy atom. The minimum Gasteiger partial charge on any atom is -0.370 e. The lowest BCUT2D eigenvalue weighted by Crippen LogP contribution is -2.35. The van der Waals surface area contributed by atoms with Crippen LogP contribution in [0.1, 0.15) is 24.1 Å². The first kappa shape index (κ1) is 17.1. The van der Waals surface area contributed by atoms with Crippen LogP contribution in [-0.2, 0) is 19.8 Å². The van der Waals surface area contributed by atoms with E-state index in [-0.39, 0.29) is 42.0 Å². The van der Waals surface area contributed by atoms with Crippen LogP contribution in [0, 0.1) is 0 Å². The highest BCUT2D eigenvalue weighted by molar-refractivity contribution is 14.0. The Bertz CT molecular complexity index is 493. The molecule has 0 spiro atoms. The van der Waals surface area contributed by atoms with Crippen molar-refractivity contribution in [1.29, 1.82) is 0 Å². The lowest BCUT2D eigenvalue weighted by Gasteiger charge is -2.16. The van der Waals surface area contributed by atoms with Crippen molar-refractivity contribution in [2.45, 2.75) is 31.6 Å². The van der Waals surface area contributed by atoms with Crippen molar-refractivity contribution in [2.75, 3.05) is 7.05 Å². The number of hydrogen-bond donors (Lipinski definition) is 1. The van der Waals surface area contributed by atoms with Gasteiger partial charge >= 0.3 is 6.18 Å². The largest absolute Gasteiger partial charge is 0.435 e. The topological polar surface area (TPSA) is 59.4 Å². The summed E-state index contributed by atoms with van der Waals surface area (Å²) in [5.74, 6) is 0.263. The highest BCUT2D eigenvalue weighted by Crippen LogP contribution is 2.31. The average molecular weight is 403 g/mol. The number of aliphatic imine (C=N–C) groups is 1. The van der Waals surface area contributed by atoms with Crippen LogP contribution in [0.2, 0.25) is 0 Å². The van der Waals surface area contributed by atoms with E-state index in [4.69, 9.17) is 5.73 Å². The zero-order valence-corrected chi connectivity index (χ0v) is 13.5. The number of rotatable bonds is 3. The van der Waals surface area contributed by atoms with Crippen LogP contribution in [0.15, 0.2) is 11.2 Å². The third-order valence-corrected chi connectivity index (χ3v) is 3.04. The fourth-order valence-electron chi connectivity index (χ4n) is 1.82. The average Bonchev–Trinajstić information content (AvgIpc) is 3.07. The molecule has 0 atom stereocenters. The molecule has 114 valence electrons. The molecule has 0 bridgehead atoms. The minimum absolute atomic E-state index is 0. The molecule has 0 saturated heterocycles. The smallest absolute Gasteiger partial charge is 0.370 e. The molecule has 1 aliphatic carbocycles. The van der Waals surface area contributed by atoms with Crippen LogP contribution in [0.25, 0.3) is 0 Å². The van der Waals surface area contributed by atoms with Crippen LogP contribution in [-0.4, -0.2) is 33.7 Å². The molecule has 20 heavy (non-hydrogen) atoms. The van der Waals surface area contributed by atoms with Gasteiger partial charge in [0.1, 0.15) is 0 Å². The fourth-order valence-corrected chi connectivity index (χ4v) is 1.82. The second-order valence-corrected chi connectivity index (χ2v) is 4.69. The fraction of sp³-hybridized carbons (Fsp3) is 0.636. The highest BCUT2D eigenvalue weighted by Gasteiger charge is 2.36. The Kier molecular flexibility index (Phi) is 5.27. The molecular formula is C11H17F3IN5. The number of nitrogens with two attached hydrogens (primary N) is 1. The maximum absolute atomic E-state index is 12.7. The minimum atomic E-state index is -4.47. The molecule has 1 aromatic heterocycles. The van der Waals surface area contributed by atoms with Gasteiger partial charge in [-0.2, -0.15) is 18.3 Å². The standard InChI is InChI=1S/C11H16F3N5.HI/c1-18-6-7(9(17-18)11(12,13)14)5-16-10(15)19(2)8-3-4-8;/h6,8H,3-5H2,1-2H3,(H2,15,16);1H. The summed E-state index contributed by atoms with van der Waals surface area (Å²) < 4.78 is 39.3. The molecule has 9 heteroatoms. The molecule has 0 radical (unpaired) electrons. The van der Waals surface area contributed by atoms with Crippen molar-refractivity contribution >= 4 is 29.9 Å². The SMILES string of the molecule is CN(C(N)=NCc1cn(C)nc1C(F)(F)F)C1CC1.I. The summed E-state index contributed by atoms with van der Waals surface area (Å²) in [6, 6.07) is 0.375. The van der Waals surface area contributed by atoms with Crippen molar-refractivity contribution in [3.05, 3.63) is 17.5 Å². The summed E-state index contributed by atoms with van der Waals surface area (Å²) in [5, 5.41) is 3.42. The zero-order chi connectivity index (χ0) is 14.2. The van der Waals surface area contributed by atoms with Gasteiger partial charge in [0.25, 0.3) is 0 Å². The van der Waals surface area contributed by atoms with E-state index in [0.29, 0.717) is 6.04 Å². The second kappa shape index (κ2) is 6.19. The van der Waals surface area contributed by atoms with E-state index < -0.39 is 11.9 Å². The maximum atomic E-state index is 12.7. The summed E-state index contributed by atoms with van der Waals surface area (Å²) in [7, 11) is 3.24. The summed E-state index contributed by atoms with van der Waals surface area (Å²) in [4.78, 5) is 5.81. The van der Waals surface area contributed by atoms with Crippen LogP contribution >= 0.6 is 24.0 Å². The number of guanidine groups is 1.